The summed E-state index contributed by atoms with van der Waals surface area (Å²) in [5, 5.41) is 0. The minimum Gasteiger partial charge on any atom is -0.460 e. The monoisotopic (exact) mass is 193 g/mol. The van der Waals surface area contributed by atoms with Crippen molar-refractivity contribution in [1.29, 1.82) is 0 Å². The van der Waals surface area contributed by atoms with Crippen molar-refractivity contribution in [3.05, 3.63) is 35.4 Å². The number of nitrogens with two attached hydrogens (primary N) is 1. The Balaban J connectivity index is 2.50. The molecular formula is C11H15NO2. The zero-order valence-electron chi connectivity index (χ0n) is 8.49. The number of aryl methyl sites for hydroxylation is 1. The Bertz CT molecular complexity index is 321. The van der Waals surface area contributed by atoms with Gasteiger partial charge in [0.05, 0.1) is 0 Å². The number of rotatable bonds is 3. The summed E-state index contributed by atoms with van der Waals surface area (Å²) in [6, 6.07) is 7.27. The Morgan fingerprint density at radius 3 is 2.86 bits per heavy atom. The summed E-state index contributed by atoms with van der Waals surface area (Å²) >= 11 is 0. The fraction of sp³-hybridized carbons (Fsp3) is 0.364. The SMILES string of the molecule is Cc1cccc(COC(=O)C(C)N)c1. The average molecular weight is 193 g/mol. The number of carbonyl (C=O) groups excluding carboxylic acids is 1. The summed E-state index contributed by atoms with van der Waals surface area (Å²) in [5.41, 5.74) is 7.49. The highest BCUT2D eigenvalue weighted by Gasteiger charge is 2.08. The van der Waals surface area contributed by atoms with Crippen LogP contribution >= 0.6 is 0 Å². The summed E-state index contributed by atoms with van der Waals surface area (Å²) in [6.45, 7) is 3.90. The molecule has 0 radical (unpaired) electrons. The molecule has 0 aliphatic heterocycles. The van der Waals surface area contributed by atoms with E-state index in [-0.39, 0.29) is 5.97 Å². The van der Waals surface area contributed by atoms with Crippen LogP contribution in [0.5, 0.6) is 0 Å². The van der Waals surface area contributed by atoms with E-state index in [9.17, 15) is 4.79 Å². The van der Waals surface area contributed by atoms with Gasteiger partial charge in [-0.15, -0.1) is 0 Å². The highest BCUT2D eigenvalue weighted by atomic mass is 16.5. The van der Waals surface area contributed by atoms with Crippen molar-refractivity contribution in [2.45, 2.75) is 26.5 Å². The lowest BCUT2D eigenvalue weighted by Gasteiger charge is -2.07. The fourth-order valence-corrected chi connectivity index (χ4v) is 1.09. The van der Waals surface area contributed by atoms with Gasteiger partial charge in [-0.25, -0.2) is 0 Å². The van der Waals surface area contributed by atoms with E-state index in [0.29, 0.717) is 6.61 Å². The normalized spacial score (nSPS) is 12.2. The first kappa shape index (κ1) is 10.7. The molecule has 1 atom stereocenters. The van der Waals surface area contributed by atoms with Gasteiger partial charge in [0.1, 0.15) is 12.6 Å². The quantitative estimate of drug-likeness (QED) is 0.738. The molecular weight excluding hydrogens is 178 g/mol. The molecule has 1 rings (SSSR count). The molecule has 0 aliphatic rings. The first-order valence-corrected chi connectivity index (χ1v) is 4.57. The molecule has 0 fully saturated rings. The molecule has 0 saturated carbocycles. The first-order chi connectivity index (χ1) is 6.59. The van der Waals surface area contributed by atoms with Crippen molar-refractivity contribution in [2.24, 2.45) is 5.73 Å². The molecule has 2 N–H and O–H groups in total. The summed E-state index contributed by atoms with van der Waals surface area (Å²) in [6.07, 6.45) is 0. The van der Waals surface area contributed by atoms with Crippen LogP contribution in [-0.2, 0) is 16.1 Å². The van der Waals surface area contributed by atoms with Crippen LogP contribution in [0.4, 0.5) is 0 Å². The van der Waals surface area contributed by atoms with Crippen molar-refractivity contribution < 1.29 is 9.53 Å². The second kappa shape index (κ2) is 4.77. The van der Waals surface area contributed by atoms with E-state index in [0.717, 1.165) is 11.1 Å². The molecule has 0 saturated heterocycles. The van der Waals surface area contributed by atoms with Gasteiger partial charge < -0.3 is 10.5 Å². The maximum atomic E-state index is 11.1. The molecule has 0 heterocycles. The maximum Gasteiger partial charge on any atom is 0.322 e. The molecule has 76 valence electrons. The summed E-state index contributed by atoms with van der Waals surface area (Å²) in [7, 11) is 0. The van der Waals surface area contributed by atoms with E-state index in [1.165, 1.54) is 0 Å². The Labute approximate surface area is 83.9 Å². The summed E-state index contributed by atoms with van der Waals surface area (Å²) in [4.78, 5) is 11.1. The number of hydrogen-bond acceptors (Lipinski definition) is 3. The predicted octanol–water partition coefficient (Wildman–Crippen LogP) is 1.39. The van der Waals surface area contributed by atoms with E-state index >= 15 is 0 Å². The first-order valence-electron chi connectivity index (χ1n) is 4.57. The Kier molecular flexibility index (Phi) is 3.65. The standard InChI is InChI=1S/C11H15NO2/c1-8-4-3-5-10(6-8)7-14-11(13)9(2)12/h3-6,9H,7,12H2,1-2H3. The van der Waals surface area contributed by atoms with Gasteiger partial charge in [0, 0.05) is 0 Å². The summed E-state index contributed by atoms with van der Waals surface area (Å²) in [5.74, 6) is -0.369. The van der Waals surface area contributed by atoms with Crippen molar-refractivity contribution in [1.82, 2.24) is 0 Å². The zero-order chi connectivity index (χ0) is 10.6. The molecule has 1 aromatic carbocycles. The smallest absolute Gasteiger partial charge is 0.322 e. The maximum absolute atomic E-state index is 11.1. The van der Waals surface area contributed by atoms with Crippen LogP contribution in [-0.4, -0.2) is 12.0 Å². The Morgan fingerprint density at radius 1 is 1.57 bits per heavy atom. The number of benzene rings is 1. The van der Waals surface area contributed by atoms with Crippen molar-refractivity contribution in [3.8, 4) is 0 Å². The molecule has 1 unspecified atom stereocenters. The topological polar surface area (TPSA) is 52.3 Å². The Hall–Kier alpha value is -1.35. The average Bonchev–Trinajstić information content (AvgIpc) is 2.14. The molecule has 0 aromatic heterocycles. The molecule has 0 bridgehead atoms. The summed E-state index contributed by atoms with van der Waals surface area (Å²) < 4.78 is 4.98. The van der Waals surface area contributed by atoms with Crippen LogP contribution in [0.2, 0.25) is 0 Å². The van der Waals surface area contributed by atoms with Gasteiger partial charge in [0.15, 0.2) is 0 Å². The van der Waals surface area contributed by atoms with Crippen LogP contribution < -0.4 is 5.73 Å². The van der Waals surface area contributed by atoms with Crippen LogP contribution in [0.15, 0.2) is 24.3 Å². The number of carbonyl (C=O) groups is 1. The molecule has 0 amide bonds. The lowest BCUT2D eigenvalue weighted by atomic mass is 10.1. The van der Waals surface area contributed by atoms with Crippen molar-refractivity contribution >= 4 is 5.97 Å². The molecule has 3 nitrogen and oxygen atoms in total. The van der Waals surface area contributed by atoms with Gasteiger partial charge >= 0.3 is 5.97 Å². The van der Waals surface area contributed by atoms with Crippen molar-refractivity contribution in [3.63, 3.8) is 0 Å². The lowest BCUT2D eigenvalue weighted by molar-refractivity contribution is -0.146. The highest BCUT2D eigenvalue weighted by molar-refractivity contribution is 5.74. The molecule has 14 heavy (non-hydrogen) atoms. The minimum atomic E-state index is -0.556. The lowest BCUT2D eigenvalue weighted by Crippen LogP contribution is -2.28. The number of ether oxygens (including phenoxy) is 1. The van der Waals surface area contributed by atoms with Gasteiger partial charge in [-0.3, -0.25) is 4.79 Å². The van der Waals surface area contributed by atoms with Gasteiger partial charge in [-0.05, 0) is 19.4 Å². The number of esters is 1. The van der Waals surface area contributed by atoms with E-state index in [1.54, 1.807) is 6.92 Å². The molecule has 1 aromatic rings. The van der Waals surface area contributed by atoms with Crippen LogP contribution in [0, 0.1) is 6.92 Å². The molecule has 0 spiro atoms. The third-order valence-electron chi connectivity index (χ3n) is 1.84. The van der Waals surface area contributed by atoms with Crippen LogP contribution in [0.25, 0.3) is 0 Å². The second-order valence-electron chi connectivity index (χ2n) is 3.39. The minimum absolute atomic E-state index is 0.294. The Morgan fingerprint density at radius 2 is 2.29 bits per heavy atom. The second-order valence-corrected chi connectivity index (χ2v) is 3.39. The molecule has 3 heteroatoms. The van der Waals surface area contributed by atoms with Crippen LogP contribution in [0.3, 0.4) is 0 Å². The zero-order valence-corrected chi connectivity index (χ0v) is 8.49. The number of hydrogen-bond donors (Lipinski definition) is 1. The van der Waals surface area contributed by atoms with E-state index < -0.39 is 6.04 Å². The van der Waals surface area contributed by atoms with E-state index in [2.05, 4.69) is 0 Å². The van der Waals surface area contributed by atoms with E-state index in [4.69, 9.17) is 10.5 Å². The third kappa shape index (κ3) is 3.18. The van der Waals surface area contributed by atoms with Gasteiger partial charge in [0.25, 0.3) is 0 Å². The van der Waals surface area contributed by atoms with Gasteiger partial charge in [-0.1, -0.05) is 29.8 Å². The van der Waals surface area contributed by atoms with Gasteiger partial charge in [-0.2, -0.15) is 0 Å². The third-order valence-corrected chi connectivity index (χ3v) is 1.84. The fourth-order valence-electron chi connectivity index (χ4n) is 1.09. The predicted molar refractivity (Wildman–Crippen MR) is 54.6 cm³/mol. The van der Waals surface area contributed by atoms with Gasteiger partial charge in [0.2, 0.25) is 0 Å². The molecule has 0 aliphatic carbocycles. The highest BCUT2D eigenvalue weighted by Crippen LogP contribution is 2.05. The largest absolute Gasteiger partial charge is 0.460 e. The van der Waals surface area contributed by atoms with Crippen molar-refractivity contribution in [2.75, 3.05) is 0 Å². The van der Waals surface area contributed by atoms with E-state index in [1.807, 2.05) is 31.2 Å². The van der Waals surface area contributed by atoms with Crippen LogP contribution in [0.1, 0.15) is 18.1 Å².